The van der Waals surface area contributed by atoms with Gasteiger partial charge in [0.05, 0.1) is 0 Å². The molecule has 1 atom stereocenters. The molecule has 0 aromatic heterocycles. The van der Waals surface area contributed by atoms with E-state index in [-0.39, 0.29) is 11.3 Å². The van der Waals surface area contributed by atoms with Gasteiger partial charge in [0.25, 0.3) is 0 Å². The van der Waals surface area contributed by atoms with Crippen LogP contribution in [-0.2, 0) is 4.79 Å². The van der Waals surface area contributed by atoms with Crippen LogP contribution in [0.15, 0.2) is 0 Å². The summed E-state index contributed by atoms with van der Waals surface area (Å²) in [5, 5.41) is 2.48. The maximum Gasteiger partial charge on any atom is 0.238 e. The van der Waals surface area contributed by atoms with Crippen LogP contribution in [0.3, 0.4) is 0 Å². The van der Waals surface area contributed by atoms with Crippen LogP contribution in [0.2, 0.25) is 0 Å². The third-order valence-electron chi connectivity index (χ3n) is 2.92. The molecule has 0 aliphatic heterocycles. The van der Waals surface area contributed by atoms with Crippen LogP contribution < -0.4 is 5.32 Å². The van der Waals surface area contributed by atoms with Crippen molar-refractivity contribution in [3.8, 4) is 0 Å². The molecule has 0 bridgehead atoms. The van der Waals surface area contributed by atoms with E-state index in [9.17, 15) is 4.79 Å². The molecule has 1 aliphatic carbocycles. The van der Waals surface area contributed by atoms with Crippen molar-refractivity contribution < 1.29 is 4.79 Å². The molecular weight excluding hydrogens is 198 g/mol. The molecule has 0 spiro atoms. The molecular formula is C11H20ClNO. The van der Waals surface area contributed by atoms with Crippen molar-refractivity contribution >= 4 is 17.5 Å². The predicted octanol–water partition coefficient (Wildman–Crippen LogP) is 2.70. The van der Waals surface area contributed by atoms with Crippen LogP contribution in [0.1, 0.15) is 45.4 Å². The summed E-state index contributed by atoms with van der Waals surface area (Å²) < 4.78 is 0. The van der Waals surface area contributed by atoms with Gasteiger partial charge in [0, 0.05) is 6.54 Å². The van der Waals surface area contributed by atoms with Crippen LogP contribution in [-0.4, -0.2) is 17.8 Å². The summed E-state index contributed by atoms with van der Waals surface area (Å²) in [5.74, 6) is 0.409. The van der Waals surface area contributed by atoms with Crippen molar-refractivity contribution in [1.29, 1.82) is 0 Å². The van der Waals surface area contributed by atoms with Gasteiger partial charge in [-0.15, -0.1) is 11.6 Å². The Morgan fingerprint density at radius 3 is 2.43 bits per heavy atom. The minimum atomic E-state index is -0.312. The summed E-state index contributed by atoms with van der Waals surface area (Å²) in [6.07, 6.45) is 7.29. The highest BCUT2D eigenvalue weighted by Gasteiger charge is 2.26. The first-order valence-corrected chi connectivity index (χ1v) is 6.11. The summed E-state index contributed by atoms with van der Waals surface area (Å²) in [5.41, 5.74) is 0. The number of rotatable bonds is 3. The number of carbonyl (C=O) groups excluding carboxylic acids is 1. The zero-order valence-electron chi connectivity index (χ0n) is 8.89. The molecule has 1 aliphatic rings. The van der Waals surface area contributed by atoms with Gasteiger partial charge in [-0.1, -0.05) is 25.7 Å². The lowest BCUT2D eigenvalue weighted by atomic mass is 9.96. The van der Waals surface area contributed by atoms with Crippen LogP contribution in [0.5, 0.6) is 0 Å². The third kappa shape index (κ3) is 3.49. The van der Waals surface area contributed by atoms with E-state index in [0.29, 0.717) is 12.5 Å². The number of carbonyl (C=O) groups is 1. The highest BCUT2D eigenvalue weighted by Crippen LogP contribution is 2.28. The molecule has 1 fully saturated rings. The van der Waals surface area contributed by atoms with Crippen molar-refractivity contribution in [3.05, 3.63) is 0 Å². The molecule has 1 unspecified atom stereocenters. The highest BCUT2D eigenvalue weighted by molar-refractivity contribution is 6.30. The molecule has 0 saturated heterocycles. The summed E-state index contributed by atoms with van der Waals surface area (Å²) >= 11 is 6.15. The zero-order valence-corrected chi connectivity index (χ0v) is 9.65. The first-order chi connectivity index (χ1) is 6.75. The molecule has 0 aromatic carbocycles. The molecule has 82 valence electrons. The van der Waals surface area contributed by atoms with Crippen molar-refractivity contribution in [2.45, 2.75) is 50.8 Å². The molecule has 0 radical (unpaired) electrons. The summed E-state index contributed by atoms with van der Waals surface area (Å²) in [7, 11) is 0. The number of halogens is 1. The second-order valence-electron chi connectivity index (χ2n) is 4.05. The Bertz CT molecular complexity index is 176. The van der Waals surface area contributed by atoms with E-state index in [0.717, 1.165) is 12.8 Å². The minimum absolute atomic E-state index is 0.0149. The van der Waals surface area contributed by atoms with E-state index in [1.165, 1.54) is 25.7 Å². The predicted molar refractivity (Wildman–Crippen MR) is 59.5 cm³/mol. The molecule has 1 rings (SSSR count). The van der Waals surface area contributed by atoms with Gasteiger partial charge < -0.3 is 5.32 Å². The SMILES string of the molecule is CCNC(=O)C(Cl)C1CCCCCC1. The molecule has 1 N–H and O–H groups in total. The maximum atomic E-state index is 11.5. The Balaban J connectivity index is 2.40. The van der Waals surface area contributed by atoms with E-state index < -0.39 is 0 Å². The molecule has 1 saturated carbocycles. The number of nitrogens with one attached hydrogen (secondary N) is 1. The zero-order chi connectivity index (χ0) is 10.4. The van der Waals surface area contributed by atoms with Crippen molar-refractivity contribution in [2.75, 3.05) is 6.54 Å². The number of alkyl halides is 1. The van der Waals surface area contributed by atoms with E-state index in [1.807, 2.05) is 6.92 Å². The monoisotopic (exact) mass is 217 g/mol. The fourth-order valence-electron chi connectivity index (χ4n) is 2.09. The Kier molecular flexibility index (Phi) is 5.31. The average Bonchev–Trinajstić information content (AvgIpc) is 2.45. The summed E-state index contributed by atoms with van der Waals surface area (Å²) in [6.45, 7) is 2.60. The van der Waals surface area contributed by atoms with Crippen molar-refractivity contribution in [2.24, 2.45) is 5.92 Å². The quantitative estimate of drug-likeness (QED) is 0.572. The lowest BCUT2D eigenvalue weighted by Gasteiger charge is -2.19. The summed E-state index contributed by atoms with van der Waals surface area (Å²) in [4.78, 5) is 11.5. The Morgan fingerprint density at radius 1 is 1.36 bits per heavy atom. The molecule has 0 aromatic rings. The van der Waals surface area contributed by atoms with Crippen molar-refractivity contribution in [1.82, 2.24) is 5.32 Å². The van der Waals surface area contributed by atoms with Gasteiger partial charge in [-0.05, 0) is 25.7 Å². The van der Waals surface area contributed by atoms with Gasteiger partial charge in [0.15, 0.2) is 0 Å². The normalized spacial score (nSPS) is 21.3. The minimum Gasteiger partial charge on any atom is -0.355 e. The van der Waals surface area contributed by atoms with Crippen LogP contribution >= 0.6 is 11.6 Å². The fourth-order valence-corrected chi connectivity index (χ4v) is 2.42. The number of hydrogen-bond donors (Lipinski definition) is 1. The van der Waals surface area contributed by atoms with Crippen molar-refractivity contribution in [3.63, 3.8) is 0 Å². The number of amides is 1. The smallest absolute Gasteiger partial charge is 0.238 e. The van der Waals surface area contributed by atoms with E-state index in [4.69, 9.17) is 11.6 Å². The molecule has 0 heterocycles. The standard InChI is InChI=1S/C11H20ClNO/c1-2-13-11(14)10(12)9-7-5-3-4-6-8-9/h9-10H,2-8H2,1H3,(H,13,14). The van der Waals surface area contributed by atoms with Gasteiger partial charge in [0.1, 0.15) is 5.38 Å². The van der Waals surface area contributed by atoms with Gasteiger partial charge in [-0.25, -0.2) is 0 Å². The summed E-state index contributed by atoms with van der Waals surface area (Å²) in [6, 6.07) is 0. The Hall–Kier alpha value is -0.240. The van der Waals surface area contributed by atoms with E-state index in [1.54, 1.807) is 0 Å². The Labute approximate surface area is 91.4 Å². The Morgan fingerprint density at radius 2 is 1.93 bits per heavy atom. The van der Waals surface area contributed by atoms with E-state index >= 15 is 0 Å². The highest BCUT2D eigenvalue weighted by atomic mass is 35.5. The average molecular weight is 218 g/mol. The van der Waals surface area contributed by atoms with Gasteiger partial charge in [-0.2, -0.15) is 0 Å². The molecule has 3 heteroatoms. The second-order valence-corrected chi connectivity index (χ2v) is 4.52. The first kappa shape index (κ1) is 11.8. The second kappa shape index (κ2) is 6.28. The van der Waals surface area contributed by atoms with Gasteiger partial charge >= 0.3 is 0 Å². The van der Waals surface area contributed by atoms with E-state index in [2.05, 4.69) is 5.32 Å². The lowest BCUT2D eigenvalue weighted by Crippen LogP contribution is -2.35. The molecule has 14 heavy (non-hydrogen) atoms. The van der Waals surface area contributed by atoms with Crippen LogP contribution in [0.25, 0.3) is 0 Å². The first-order valence-electron chi connectivity index (χ1n) is 5.67. The lowest BCUT2D eigenvalue weighted by molar-refractivity contribution is -0.121. The maximum absolute atomic E-state index is 11.5. The van der Waals surface area contributed by atoms with Gasteiger partial charge in [-0.3, -0.25) is 4.79 Å². The largest absolute Gasteiger partial charge is 0.355 e. The topological polar surface area (TPSA) is 29.1 Å². The van der Waals surface area contributed by atoms with Crippen LogP contribution in [0.4, 0.5) is 0 Å². The molecule has 1 amide bonds. The molecule has 2 nitrogen and oxygen atoms in total. The third-order valence-corrected chi connectivity index (χ3v) is 3.47. The fraction of sp³-hybridized carbons (Fsp3) is 0.909. The van der Waals surface area contributed by atoms with Crippen LogP contribution in [0, 0.1) is 5.92 Å². The number of hydrogen-bond acceptors (Lipinski definition) is 1. The van der Waals surface area contributed by atoms with Gasteiger partial charge in [0.2, 0.25) is 5.91 Å².